The van der Waals surface area contributed by atoms with E-state index in [1.165, 1.54) is 19.3 Å². The zero-order valence-corrected chi connectivity index (χ0v) is 14.8. The SMILES string of the molecule is Cl.NC1C2CCC(C2)C1C(=O)N1CCC(Oc2ccccc2)CC1. The van der Waals surface area contributed by atoms with E-state index in [0.717, 1.165) is 31.7 Å². The largest absolute Gasteiger partial charge is 0.490 e. The molecule has 3 fully saturated rings. The molecule has 1 saturated heterocycles. The molecule has 2 N–H and O–H groups in total. The molecule has 0 spiro atoms. The molecule has 4 nitrogen and oxygen atoms in total. The van der Waals surface area contributed by atoms with Crippen molar-refractivity contribution >= 4 is 18.3 Å². The first-order valence-electron chi connectivity index (χ1n) is 8.98. The van der Waals surface area contributed by atoms with Crippen molar-refractivity contribution in [3.63, 3.8) is 0 Å². The molecule has 4 unspecified atom stereocenters. The standard InChI is InChI=1S/C19H26N2O2.ClH/c20-18-14-7-6-13(12-14)17(18)19(22)21-10-8-16(9-11-21)23-15-4-2-1-3-5-15;/h1-5,13-14,16-18H,6-12,20H2;1H. The first-order valence-corrected chi connectivity index (χ1v) is 8.98. The van der Waals surface area contributed by atoms with Gasteiger partial charge in [0.05, 0.1) is 5.92 Å². The molecule has 132 valence electrons. The van der Waals surface area contributed by atoms with Crippen molar-refractivity contribution in [3.8, 4) is 5.75 Å². The molecule has 1 amide bonds. The van der Waals surface area contributed by atoms with Gasteiger partial charge in [-0.25, -0.2) is 0 Å². The van der Waals surface area contributed by atoms with Crippen LogP contribution in [0.25, 0.3) is 0 Å². The van der Waals surface area contributed by atoms with E-state index in [4.69, 9.17) is 10.5 Å². The normalized spacial score (nSPS) is 32.5. The van der Waals surface area contributed by atoms with Gasteiger partial charge in [0.25, 0.3) is 0 Å². The van der Waals surface area contributed by atoms with Crippen LogP contribution in [0.3, 0.4) is 0 Å². The lowest BCUT2D eigenvalue weighted by Gasteiger charge is -2.37. The predicted octanol–water partition coefficient (Wildman–Crippen LogP) is 2.85. The van der Waals surface area contributed by atoms with Gasteiger partial charge in [0.1, 0.15) is 11.9 Å². The van der Waals surface area contributed by atoms with Crippen LogP contribution in [-0.4, -0.2) is 36.0 Å². The smallest absolute Gasteiger partial charge is 0.227 e. The second-order valence-corrected chi connectivity index (χ2v) is 7.39. The number of piperidine rings is 1. The number of amides is 1. The fourth-order valence-corrected chi connectivity index (χ4v) is 4.80. The van der Waals surface area contributed by atoms with Crippen molar-refractivity contribution in [3.05, 3.63) is 30.3 Å². The molecule has 1 aromatic carbocycles. The second-order valence-electron chi connectivity index (χ2n) is 7.39. The van der Waals surface area contributed by atoms with Gasteiger partial charge in [-0.05, 0) is 43.2 Å². The average Bonchev–Trinajstić information content (AvgIpc) is 3.17. The van der Waals surface area contributed by atoms with Crippen LogP contribution in [0.4, 0.5) is 0 Å². The number of hydrogen-bond acceptors (Lipinski definition) is 3. The Kier molecular flexibility index (Phi) is 5.36. The van der Waals surface area contributed by atoms with Gasteiger partial charge in [-0.1, -0.05) is 18.2 Å². The van der Waals surface area contributed by atoms with Crippen molar-refractivity contribution in [1.82, 2.24) is 4.90 Å². The van der Waals surface area contributed by atoms with Gasteiger partial charge in [-0.3, -0.25) is 4.79 Å². The van der Waals surface area contributed by atoms with E-state index in [1.54, 1.807) is 0 Å². The van der Waals surface area contributed by atoms with Crippen LogP contribution in [0.1, 0.15) is 32.1 Å². The van der Waals surface area contributed by atoms with Crippen LogP contribution in [0.5, 0.6) is 5.75 Å². The zero-order valence-electron chi connectivity index (χ0n) is 14.0. The molecule has 2 bridgehead atoms. The second kappa shape index (κ2) is 7.32. The van der Waals surface area contributed by atoms with Gasteiger partial charge >= 0.3 is 0 Å². The third-order valence-corrected chi connectivity index (χ3v) is 6.07. The summed E-state index contributed by atoms with van der Waals surface area (Å²) in [5.74, 6) is 2.45. The summed E-state index contributed by atoms with van der Waals surface area (Å²) in [7, 11) is 0. The van der Waals surface area contributed by atoms with Crippen LogP contribution >= 0.6 is 12.4 Å². The highest BCUT2D eigenvalue weighted by atomic mass is 35.5. The summed E-state index contributed by atoms with van der Waals surface area (Å²) in [5, 5.41) is 0. The number of hydrogen-bond donors (Lipinski definition) is 1. The topological polar surface area (TPSA) is 55.6 Å². The lowest BCUT2D eigenvalue weighted by molar-refractivity contribution is -0.139. The Morgan fingerprint density at radius 2 is 1.71 bits per heavy atom. The molecule has 1 aromatic rings. The van der Waals surface area contributed by atoms with E-state index < -0.39 is 0 Å². The van der Waals surface area contributed by atoms with Gasteiger partial charge in [0.15, 0.2) is 0 Å². The minimum Gasteiger partial charge on any atom is -0.490 e. The van der Waals surface area contributed by atoms with Crippen LogP contribution in [0.2, 0.25) is 0 Å². The Morgan fingerprint density at radius 1 is 1.04 bits per heavy atom. The first-order chi connectivity index (χ1) is 11.2. The number of nitrogens with two attached hydrogens (primary N) is 1. The summed E-state index contributed by atoms with van der Waals surface area (Å²) < 4.78 is 6.02. The van der Waals surface area contributed by atoms with Gasteiger partial charge < -0.3 is 15.4 Å². The molecule has 24 heavy (non-hydrogen) atoms. The fraction of sp³-hybridized carbons (Fsp3) is 0.632. The molecular weight excluding hydrogens is 324 g/mol. The molecule has 1 aliphatic heterocycles. The first kappa shape index (κ1) is 17.6. The molecule has 4 atom stereocenters. The number of carbonyl (C=O) groups excluding carboxylic acids is 1. The van der Waals surface area contributed by atoms with Crippen molar-refractivity contribution < 1.29 is 9.53 Å². The molecule has 4 rings (SSSR count). The summed E-state index contributed by atoms with van der Waals surface area (Å²) in [5.41, 5.74) is 6.33. The lowest BCUT2D eigenvalue weighted by Crippen LogP contribution is -2.50. The summed E-state index contributed by atoms with van der Waals surface area (Å²) in [6.07, 6.45) is 5.64. The number of ether oxygens (including phenoxy) is 1. The van der Waals surface area contributed by atoms with Gasteiger partial charge in [-0.15, -0.1) is 12.4 Å². The Hall–Kier alpha value is -1.26. The molecule has 0 radical (unpaired) electrons. The minimum atomic E-state index is 0. The van der Waals surface area contributed by atoms with E-state index in [9.17, 15) is 4.79 Å². The summed E-state index contributed by atoms with van der Waals surface area (Å²) in [4.78, 5) is 14.9. The third-order valence-electron chi connectivity index (χ3n) is 6.07. The van der Waals surface area contributed by atoms with Crippen molar-refractivity contribution in [2.24, 2.45) is 23.5 Å². The van der Waals surface area contributed by atoms with E-state index in [2.05, 4.69) is 0 Å². The molecule has 2 aliphatic carbocycles. The Morgan fingerprint density at radius 3 is 2.33 bits per heavy atom. The minimum absolute atomic E-state index is 0. The Bertz CT molecular complexity index is 558. The van der Waals surface area contributed by atoms with E-state index in [-0.39, 0.29) is 30.5 Å². The fourth-order valence-electron chi connectivity index (χ4n) is 4.80. The maximum absolute atomic E-state index is 12.9. The van der Waals surface area contributed by atoms with Crippen LogP contribution in [0.15, 0.2) is 30.3 Å². The van der Waals surface area contributed by atoms with Crippen molar-refractivity contribution in [2.75, 3.05) is 13.1 Å². The molecule has 5 heteroatoms. The number of rotatable bonds is 3. The summed E-state index contributed by atoms with van der Waals surface area (Å²) >= 11 is 0. The number of benzene rings is 1. The highest BCUT2D eigenvalue weighted by Crippen LogP contribution is 2.48. The number of fused-ring (bicyclic) bond motifs is 2. The third kappa shape index (κ3) is 3.27. The zero-order chi connectivity index (χ0) is 15.8. The maximum Gasteiger partial charge on any atom is 0.227 e. The number of nitrogens with zero attached hydrogens (tertiary/aromatic N) is 1. The van der Waals surface area contributed by atoms with Gasteiger partial charge in [-0.2, -0.15) is 0 Å². The average molecular weight is 351 g/mol. The Balaban J connectivity index is 0.00000169. The molecule has 2 saturated carbocycles. The summed E-state index contributed by atoms with van der Waals surface area (Å²) in [6.45, 7) is 1.61. The maximum atomic E-state index is 12.9. The van der Waals surface area contributed by atoms with E-state index >= 15 is 0 Å². The molecule has 3 aliphatic rings. The number of para-hydroxylation sites is 1. The highest BCUT2D eigenvalue weighted by Gasteiger charge is 2.50. The van der Waals surface area contributed by atoms with E-state index in [0.29, 0.717) is 17.7 Å². The quantitative estimate of drug-likeness (QED) is 0.912. The molecule has 0 aromatic heterocycles. The molecular formula is C19H27ClN2O2. The van der Waals surface area contributed by atoms with Crippen LogP contribution < -0.4 is 10.5 Å². The van der Waals surface area contributed by atoms with E-state index in [1.807, 2.05) is 35.2 Å². The molecule has 1 heterocycles. The monoisotopic (exact) mass is 350 g/mol. The van der Waals surface area contributed by atoms with Crippen LogP contribution in [-0.2, 0) is 4.79 Å². The van der Waals surface area contributed by atoms with Gasteiger partial charge in [0.2, 0.25) is 5.91 Å². The summed E-state index contributed by atoms with van der Waals surface area (Å²) in [6, 6.07) is 10.1. The van der Waals surface area contributed by atoms with Crippen molar-refractivity contribution in [2.45, 2.75) is 44.2 Å². The van der Waals surface area contributed by atoms with Gasteiger partial charge in [0, 0.05) is 32.0 Å². The van der Waals surface area contributed by atoms with Crippen molar-refractivity contribution in [1.29, 1.82) is 0 Å². The number of likely N-dealkylation sites (tertiary alicyclic amines) is 1. The predicted molar refractivity (Wildman–Crippen MR) is 96.2 cm³/mol. The number of carbonyl (C=O) groups is 1. The lowest BCUT2D eigenvalue weighted by atomic mass is 9.83. The van der Waals surface area contributed by atoms with Crippen LogP contribution in [0, 0.1) is 17.8 Å². The highest BCUT2D eigenvalue weighted by molar-refractivity contribution is 5.85. The Labute approximate surface area is 150 Å². The number of halogens is 1.